The fraction of sp³-hybridized carbons (Fsp3) is 0.0800. The maximum atomic E-state index is 14.1. The summed E-state index contributed by atoms with van der Waals surface area (Å²) in [4.78, 5) is 2.41. The predicted molar refractivity (Wildman–Crippen MR) is 226 cm³/mol. The van der Waals surface area contributed by atoms with Crippen molar-refractivity contribution >= 4 is 59.3 Å². The minimum atomic E-state index is -0.238. The Morgan fingerprint density at radius 3 is 1.94 bits per heavy atom. The molecule has 0 aliphatic rings. The maximum Gasteiger partial charge on any atom is 0.123 e. The molecule has 0 atom stereocenters. The van der Waals surface area contributed by atoms with Crippen LogP contribution < -0.4 is 4.90 Å². The number of hydrogen-bond donors (Lipinski definition) is 0. The summed E-state index contributed by atoms with van der Waals surface area (Å²) in [7, 11) is 0. The Balaban J connectivity index is 1.29. The Labute approximate surface area is 314 Å². The van der Waals surface area contributed by atoms with E-state index < -0.39 is 0 Å². The van der Waals surface area contributed by atoms with Gasteiger partial charge in [-0.15, -0.1) is 11.3 Å². The molecule has 0 bridgehead atoms. The van der Waals surface area contributed by atoms with Crippen LogP contribution in [-0.2, 0) is 5.41 Å². The molecule has 0 aliphatic carbocycles. The topological polar surface area (TPSA) is 3.24 Å². The van der Waals surface area contributed by atoms with E-state index in [2.05, 4.69) is 177 Å². The van der Waals surface area contributed by atoms with Crippen LogP contribution in [0.1, 0.15) is 26.3 Å². The van der Waals surface area contributed by atoms with Gasteiger partial charge in [-0.1, -0.05) is 142 Å². The first kappa shape index (κ1) is 32.8. The van der Waals surface area contributed by atoms with Gasteiger partial charge in [0.2, 0.25) is 0 Å². The van der Waals surface area contributed by atoms with Gasteiger partial charge < -0.3 is 4.90 Å². The first-order valence-electron chi connectivity index (χ1n) is 18.1. The van der Waals surface area contributed by atoms with Crippen LogP contribution in [0.25, 0.3) is 64.3 Å². The third-order valence-corrected chi connectivity index (χ3v) is 11.4. The van der Waals surface area contributed by atoms with Crippen molar-refractivity contribution in [1.29, 1.82) is 0 Å². The van der Waals surface area contributed by atoms with Crippen molar-refractivity contribution in [1.82, 2.24) is 0 Å². The van der Waals surface area contributed by atoms with Crippen LogP contribution in [0.15, 0.2) is 176 Å². The highest BCUT2D eigenvalue weighted by atomic mass is 32.1. The molecular weight excluding hydrogens is 666 g/mol. The van der Waals surface area contributed by atoms with Gasteiger partial charge in [0.15, 0.2) is 0 Å². The Bertz CT molecular complexity index is 2770. The molecule has 1 heterocycles. The molecule has 0 saturated heterocycles. The van der Waals surface area contributed by atoms with E-state index >= 15 is 0 Å². The third-order valence-electron chi connectivity index (χ3n) is 10.3. The molecule has 0 amide bonds. The van der Waals surface area contributed by atoms with Gasteiger partial charge in [0, 0.05) is 37.1 Å². The standard InChI is InChI=1S/C50H38FNS/c1-50(2,3)37-24-28-43-45-32-40(27-29-47(45)53-48(43)31-37)52(39-17-9-16-36(30-39)33-12-5-4-6-13-33)46-21-8-7-18-42(46)44-20-11-15-35-14-10-19-41(49(35)44)34-22-25-38(51)26-23-34/h4-32H,1-3H3. The Morgan fingerprint density at radius 1 is 0.472 bits per heavy atom. The summed E-state index contributed by atoms with van der Waals surface area (Å²) in [5.74, 6) is -0.238. The quantitative estimate of drug-likeness (QED) is 0.167. The summed E-state index contributed by atoms with van der Waals surface area (Å²) < 4.78 is 16.7. The molecule has 3 heteroatoms. The predicted octanol–water partition coefficient (Wildman–Crippen LogP) is 15.1. The zero-order chi connectivity index (χ0) is 36.1. The maximum absolute atomic E-state index is 14.1. The van der Waals surface area contributed by atoms with Crippen molar-refractivity contribution in [3.8, 4) is 33.4 Å². The molecule has 1 aromatic heterocycles. The van der Waals surface area contributed by atoms with E-state index in [0.717, 1.165) is 55.7 Å². The number of nitrogens with zero attached hydrogens (tertiary/aromatic N) is 1. The van der Waals surface area contributed by atoms with E-state index in [4.69, 9.17) is 0 Å². The first-order valence-corrected chi connectivity index (χ1v) is 18.9. The molecule has 0 unspecified atom stereocenters. The largest absolute Gasteiger partial charge is 0.310 e. The molecule has 0 saturated carbocycles. The monoisotopic (exact) mass is 703 g/mol. The van der Waals surface area contributed by atoms with Crippen molar-refractivity contribution in [2.24, 2.45) is 0 Å². The number of anilines is 3. The lowest BCUT2D eigenvalue weighted by Crippen LogP contribution is -2.11. The van der Waals surface area contributed by atoms with Crippen LogP contribution in [0.4, 0.5) is 21.5 Å². The summed E-state index contributed by atoms with van der Waals surface area (Å²) in [6.07, 6.45) is 0. The minimum absolute atomic E-state index is 0.0813. The molecule has 9 aromatic rings. The van der Waals surface area contributed by atoms with Crippen LogP contribution in [0, 0.1) is 5.82 Å². The van der Waals surface area contributed by atoms with Crippen LogP contribution >= 0.6 is 11.3 Å². The van der Waals surface area contributed by atoms with Gasteiger partial charge >= 0.3 is 0 Å². The average molecular weight is 704 g/mol. The molecule has 0 N–H and O–H groups in total. The van der Waals surface area contributed by atoms with E-state index in [1.165, 1.54) is 31.3 Å². The number of benzene rings is 8. The zero-order valence-corrected chi connectivity index (χ0v) is 30.8. The second-order valence-corrected chi connectivity index (χ2v) is 15.8. The fourth-order valence-corrected chi connectivity index (χ4v) is 8.71. The van der Waals surface area contributed by atoms with Gasteiger partial charge in [-0.3, -0.25) is 0 Å². The Hall–Kier alpha value is -6.03. The third kappa shape index (κ3) is 6.07. The molecular formula is C50H38FNS. The van der Waals surface area contributed by atoms with Gasteiger partial charge in [-0.25, -0.2) is 4.39 Å². The van der Waals surface area contributed by atoms with Crippen molar-refractivity contribution in [2.75, 3.05) is 4.90 Å². The summed E-state index contributed by atoms with van der Waals surface area (Å²) in [6.45, 7) is 6.82. The van der Waals surface area contributed by atoms with Crippen molar-refractivity contribution < 1.29 is 4.39 Å². The summed E-state index contributed by atoms with van der Waals surface area (Å²) in [5, 5.41) is 4.82. The summed E-state index contributed by atoms with van der Waals surface area (Å²) in [5.41, 5.74) is 11.3. The number of thiophene rings is 1. The zero-order valence-electron chi connectivity index (χ0n) is 30.0. The normalized spacial score (nSPS) is 11.8. The van der Waals surface area contributed by atoms with Crippen LogP contribution in [0.3, 0.4) is 0 Å². The molecule has 0 radical (unpaired) electrons. The van der Waals surface area contributed by atoms with Gasteiger partial charge in [0.05, 0.1) is 5.69 Å². The van der Waals surface area contributed by atoms with E-state index in [1.807, 2.05) is 23.5 Å². The number of hydrogen-bond acceptors (Lipinski definition) is 2. The number of rotatable bonds is 6. The minimum Gasteiger partial charge on any atom is -0.310 e. The van der Waals surface area contributed by atoms with Crippen molar-refractivity contribution in [3.63, 3.8) is 0 Å². The highest BCUT2D eigenvalue weighted by molar-refractivity contribution is 7.25. The summed E-state index contributed by atoms with van der Waals surface area (Å²) in [6, 6.07) is 61.8. The number of fused-ring (bicyclic) bond motifs is 4. The van der Waals surface area contributed by atoms with E-state index in [-0.39, 0.29) is 11.2 Å². The molecule has 9 rings (SSSR count). The van der Waals surface area contributed by atoms with Gasteiger partial charge in [0.1, 0.15) is 5.82 Å². The molecule has 256 valence electrons. The molecule has 0 fully saturated rings. The van der Waals surface area contributed by atoms with Crippen molar-refractivity contribution in [3.05, 3.63) is 187 Å². The fourth-order valence-electron chi connectivity index (χ4n) is 7.59. The Morgan fingerprint density at radius 2 is 1.15 bits per heavy atom. The molecule has 8 aromatic carbocycles. The number of para-hydroxylation sites is 1. The lowest BCUT2D eigenvalue weighted by Gasteiger charge is -2.29. The van der Waals surface area contributed by atoms with E-state index in [1.54, 1.807) is 12.1 Å². The van der Waals surface area contributed by atoms with Crippen LogP contribution in [0.5, 0.6) is 0 Å². The molecule has 0 spiro atoms. The smallest absolute Gasteiger partial charge is 0.123 e. The SMILES string of the molecule is CC(C)(C)c1ccc2c(c1)sc1ccc(N(c3cccc(-c4ccccc4)c3)c3ccccc3-c3cccc4cccc(-c5ccc(F)cc5)c34)cc12. The highest BCUT2D eigenvalue weighted by Gasteiger charge is 2.22. The second kappa shape index (κ2) is 13.2. The summed E-state index contributed by atoms with van der Waals surface area (Å²) >= 11 is 1.86. The van der Waals surface area contributed by atoms with Gasteiger partial charge in [-0.05, 0) is 104 Å². The van der Waals surface area contributed by atoms with Crippen LogP contribution in [-0.4, -0.2) is 0 Å². The highest BCUT2D eigenvalue weighted by Crippen LogP contribution is 2.47. The average Bonchev–Trinajstić information content (AvgIpc) is 3.56. The molecule has 0 aliphatic heterocycles. The van der Waals surface area contributed by atoms with Crippen LogP contribution in [0.2, 0.25) is 0 Å². The molecule has 1 nitrogen and oxygen atoms in total. The second-order valence-electron chi connectivity index (χ2n) is 14.7. The number of halogens is 1. The lowest BCUT2D eigenvalue weighted by atomic mass is 9.87. The lowest BCUT2D eigenvalue weighted by molar-refractivity contribution is 0.591. The van der Waals surface area contributed by atoms with Gasteiger partial charge in [-0.2, -0.15) is 0 Å². The van der Waals surface area contributed by atoms with Crippen molar-refractivity contribution in [2.45, 2.75) is 26.2 Å². The van der Waals surface area contributed by atoms with E-state index in [0.29, 0.717) is 0 Å². The molecule has 53 heavy (non-hydrogen) atoms. The first-order chi connectivity index (χ1) is 25.8. The Kier molecular flexibility index (Phi) is 8.17. The van der Waals surface area contributed by atoms with E-state index in [9.17, 15) is 4.39 Å². The van der Waals surface area contributed by atoms with Gasteiger partial charge in [0.25, 0.3) is 0 Å².